The van der Waals surface area contributed by atoms with Crippen molar-refractivity contribution in [1.29, 1.82) is 0 Å². The van der Waals surface area contributed by atoms with Crippen LogP contribution in [-0.2, 0) is 0 Å². The number of benzene rings is 7. The lowest BCUT2D eigenvalue weighted by Gasteiger charge is -2.10. The molecule has 9 aromatic rings. The molecule has 2 heterocycles. The van der Waals surface area contributed by atoms with Gasteiger partial charge in [0.15, 0.2) is 0 Å². The highest BCUT2D eigenvalue weighted by atomic mass is 15.0. The fourth-order valence-corrected chi connectivity index (χ4v) is 5.18. The Morgan fingerprint density at radius 1 is 0.356 bits per heavy atom. The van der Waals surface area contributed by atoms with Crippen LogP contribution in [0.5, 0.6) is 0 Å². The second-order valence-electron chi connectivity index (χ2n) is 9.76. The van der Waals surface area contributed by atoms with E-state index >= 15 is 0 Å². The van der Waals surface area contributed by atoms with Crippen molar-refractivity contribution in [2.75, 3.05) is 0 Å². The summed E-state index contributed by atoms with van der Waals surface area (Å²) in [4.78, 5) is 0. The van der Waals surface area contributed by atoms with E-state index in [0.717, 1.165) is 4.57 Å². The molecular weight excluding hydrogens is 544 g/mol. The van der Waals surface area contributed by atoms with Crippen LogP contribution in [0.25, 0.3) is 77.2 Å². The first-order valence-electron chi connectivity index (χ1n) is 26.8. The predicted octanol–water partition coefficient (Wildman–Crippen LogP) is 11.5. The Balaban J connectivity index is 1.48. The third-order valence-corrected chi connectivity index (χ3v) is 7.11. The van der Waals surface area contributed by atoms with Gasteiger partial charge in [0, 0.05) is 32.9 Å². The average molecular weight is 602 g/mol. The van der Waals surface area contributed by atoms with Gasteiger partial charge in [0.25, 0.3) is 0 Å². The second kappa shape index (κ2) is 10.1. The number of hydrogen-bond acceptors (Lipinski definition) is 0. The molecular formula is C43H30N2. The van der Waals surface area contributed by atoms with E-state index in [9.17, 15) is 11.0 Å². The van der Waals surface area contributed by atoms with Gasteiger partial charge in [0.05, 0.1) is 59.1 Å². The minimum absolute atomic E-state index is 0.120. The summed E-state index contributed by atoms with van der Waals surface area (Å²) in [5.41, 5.74) is -6.81. The van der Waals surface area contributed by atoms with E-state index in [2.05, 4.69) is 0 Å². The van der Waals surface area contributed by atoms with E-state index in [0.29, 0.717) is 4.57 Å². The standard InChI is InChI=1S/C43H30N2/c1-29-16-23-37-39-28-33(20-25-42(39)45(43(37)26-29)34-12-6-3-7-13-34)32-19-24-41-38(27-32)36-14-8-9-15-40(36)44(41)35-21-17-31(18-22-35)30-10-4-2-5-11-30/h2-28H,1H3/i2D,3D,4D,5D,6D,7D,8D,9D,10D,11D,12D,13D,14D,15D,16D,17D,18D,19D,20D,21D,22D,23D,24D,25D,26D,27D,28D. The maximum atomic E-state index is 9.77. The highest BCUT2D eigenvalue weighted by Crippen LogP contribution is 2.38. The molecule has 0 unspecified atom stereocenters. The molecule has 0 aliphatic carbocycles. The largest absolute Gasteiger partial charge is 0.309 e. The van der Waals surface area contributed by atoms with E-state index in [1.807, 2.05) is 0 Å². The molecule has 0 saturated heterocycles. The zero-order chi connectivity index (χ0) is 53.4. The topological polar surface area (TPSA) is 9.86 Å². The highest BCUT2D eigenvalue weighted by Gasteiger charge is 2.16. The van der Waals surface area contributed by atoms with Gasteiger partial charge in [0.2, 0.25) is 0 Å². The van der Waals surface area contributed by atoms with Crippen LogP contribution in [0, 0.1) is 6.92 Å². The van der Waals surface area contributed by atoms with Crippen molar-refractivity contribution in [3.05, 3.63) is 169 Å². The lowest BCUT2D eigenvalue weighted by atomic mass is 10.0. The summed E-state index contributed by atoms with van der Waals surface area (Å²) in [5, 5.41) is -2.11. The van der Waals surface area contributed by atoms with Crippen molar-refractivity contribution in [3.8, 4) is 33.6 Å². The molecule has 2 aromatic heterocycles. The third kappa shape index (κ3) is 4.11. The van der Waals surface area contributed by atoms with Crippen molar-refractivity contribution in [2.24, 2.45) is 0 Å². The molecule has 0 aliphatic heterocycles. The number of aromatic nitrogens is 2. The van der Waals surface area contributed by atoms with Crippen molar-refractivity contribution < 1.29 is 37.0 Å². The van der Waals surface area contributed by atoms with E-state index in [1.54, 1.807) is 0 Å². The quantitative estimate of drug-likeness (QED) is 0.190. The van der Waals surface area contributed by atoms with Crippen molar-refractivity contribution in [2.45, 2.75) is 6.92 Å². The molecule has 0 N–H and O–H groups in total. The number of hydrogen-bond donors (Lipinski definition) is 0. The zero-order valence-corrected chi connectivity index (χ0v) is 22.9. The van der Waals surface area contributed by atoms with Gasteiger partial charge in [-0.25, -0.2) is 0 Å². The van der Waals surface area contributed by atoms with Crippen molar-refractivity contribution in [1.82, 2.24) is 9.13 Å². The van der Waals surface area contributed by atoms with Crippen LogP contribution in [0.15, 0.2) is 163 Å². The molecule has 0 saturated carbocycles. The molecule has 7 aromatic carbocycles. The third-order valence-electron chi connectivity index (χ3n) is 7.11. The van der Waals surface area contributed by atoms with E-state index < -0.39 is 240 Å². The monoisotopic (exact) mass is 601 g/mol. The minimum atomic E-state index is -1.02. The molecule has 0 atom stereocenters. The second-order valence-corrected chi connectivity index (χ2v) is 9.76. The van der Waals surface area contributed by atoms with Crippen LogP contribution in [0.4, 0.5) is 0 Å². The molecule has 0 radical (unpaired) electrons. The van der Waals surface area contributed by atoms with E-state index in [-0.39, 0.29) is 5.56 Å². The first kappa shape index (κ1) is 10.4. The van der Waals surface area contributed by atoms with Gasteiger partial charge in [-0.05, 0) is 95.2 Å². The summed E-state index contributed by atoms with van der Waals surface area (Å²) < 4.78 is 242. The Kier molecular flexibility index (Phi) is 2.33. The van der Waals surface area contributed by atoms with Crippen LogP contribution in [0.3, 0.4) is 0 Å². The van der Waals surface area contributed by atoms with E-state index in [1.165, 1.54) is 6.92 Å². The van der Waals surface area contributed by atoms with Gasteiger partial charge in [-0.2, -0.15) is 0 Å². The molecule has 0 fully saturated rings. The average Bonchev–Trinajstić information content (AvgIpc) is 3.89. The molecule has 212 valence electrons. The number of nitrogens with zero attached hydrogens (tertiary/aromatic N) is 2. The van der Waals surface area contributed by atoms with Crippen molar-refractivity contribution >= 4 is 43.6 Å². The van der Waals surface area contributed by atoms with Gasteiger partial charge in [-0.1, -0.05) is 103 Å². The lowest BCUT2D eigenvalue weighted by Crippen LogP contribution is -1.94. The maximum absolute atomic E-state index is 9.77. The summed E-state index contributed by atoms with van der Waals surface area (Å²) in [6, 6.07) is -23.4. The molecule has 45 heavy (non-hydrogen) atoms. The summed E-state index contributed by atoms with van der Waals surface area (Å²) in [6.07, 6.45) is 0. The molecule has 0 aliphatic rings. The first-order valence-corrected chi connectivity index (χ1v) is 13.3. The van der Waals surface area contributed by atoms with Crippen LogP contribution in [0.2, 0.25) is 0 Å². The lowest BCUT2D eigenvalue weighted by molar-refractivity contribution is 1.18. The van der Waals surface area contributed by atoms with Crippen molar-refractivity contribution in [3.63, 3.8) is 0 Å². The number of rotatable bonds is 4. The van der Waals surface area contributed by atoms with Gasteiger partial charge < -0.3 is 9.13 Å². The Labute approximate surface area is 300 Å². The van der Waals surface area contributed by atoms with E-state index in [4.69, 9.17) is 26.0 Å². The molecule has 2 nitrogen and oxygen atoms in total. The Morgan fingerprint density at radius 3 is 1.53 bits per heavy atom. The molecule has 0 amide bonds. The van der Waals surface area contributed by atoms with Crippen LogP contribution in [-0.4, -0.2) is 9.13 Å². The normalized spacial score (nSPS) is 20.1. The Bertz CT molecular complexity index is 3990. The zero-order valence-electron chi connectivity index (χ0n) is 49.9. The fourth-order valence-electron chi connectivity index (χ4n) is 5.18. The van der Waals surface area contributed by atoms with Crippen LogP contribution in [0.1, 0.15) is 42.6 Å². The molecule has 0 bridgehead atoms. The first-order chi connectivity index (χ1) is 33.5. The van der Waals surface area contributed by atoms with Gasteiger partial charge in [-0.3, -0.25) is 0 Å². The van der Waals surface area contributed by atoms with Crippen LogP contribution >= 0.6 is 0 Å². The SMILES string of the molecule is [2H]c1c([2H])c([2H])c(-c2c([2H])c([2H])c(-n3c4c([2H])c([2H])c([2H])c([2H])c4c4c([2H])c(-c5c([2H])c([2H])c6c(c5[2H])c5c([2H])c([2H])c(C)c([2H])c5n6-c5c([2H])c([2H])c([2H])c([2H])c5[2H])c([2H])c([2H])c43)c([2H])c2[2H])c([2H])c1[2H]. The number of para-hydroxylation sites is 2. The minimum Gasteiger partial charge on any atom is -0.309 e. The summed E-state index contributed by atoms with van der Waals surface area (Å²) in [6.45, 7) is 1.31. The maximum Gasteiger partial charge on any atom is 0.0648 e. The van der Waals surface area contributed by atoms with Gasteiger partial charge in [0.1, 0.15) is 0 Å². The Hall–Kier alpha value is -5.86. The van der Waals surface area contributed by atoms with Crippen LogP contribution < -0.4 is 0 Å². The van der Waals surface area contributed by atoms with Gasteiger partial charge in [-0.15, -0.1) is 0 Å². The van der Waals surface area contributed by atoms with Gasteiger partial charge >= 0.3 is 0 Å². The molecule has 0 spiro atoms. The predicted molar refractivity (Wildman–Crippen MR) is 191 cm³/mol. The summed E-state index contributed by atoms with van der Waals surface area (Å²) in [5.74, 6) is 0. The highest BCUT2D eigenvalue weighted by molar-refractivity contribution is 6.12. The molecule has 9 rings (SSSR count). The number of fused-ring (bicyclic) bond motifs is 6. The Morgan fingerprint density at radius 2 is 0.844 bits per heavy atom. The fraction of sp³-hybridized carbons (Fsp3) is 0.0233. The smallest absolute Gasteiger partial charge is 0.0648 e. The summed E-state index contributed by atoms with van der Waals surface area (Å²) in [7, 11) is 0. The summed E-state index contributed by atoms with van der Waals surface area (Å²) >= 11 is 0. The molecule has 2 heteroatoms.